The zero-order valence-electron chi connectivity index (χ0n) is 18.0. The normalized spacial score (nSPS) is 20.0. The van der Waals surface area contributed by atoms with Crippen molar-refractivity contribution in [2.75, 3.05) is 27.4 Å². The van der Waals surface area contributed by atoms with E-state index in [-0.39, 0.29) is 28.6 Å². The number of hydrogen-bond donors (Lipinski definition) is 0. The summed E-state index contributed by atoms with van der Waals surface area (Å²) in [6, 6.07) is 5.49. The van der Waals surface area contributed by atoms with Crippen LogP contribution in [0.25, 0.3) is 11.3 Å². The van der Waals surface area contributed by atoms with E-state index in [0.29, 0.717) is 24.7 Å². The molecule has 7 nitrogen and oxygen atoms in total. The summed E-state index contributed by atoms with van der Waals surface area (Å²) < 4.78 is 24.1. The summed E-state index contributed by atoms with van der Waals surface area (Å²) in [5.41, 5.74) is 2.31. The van der Waals surface area contributed by atoms with Crippen molar-refractivity contribution in [1.29, 1.82) is 0 Å². The molecular weight excluding hydrogens is 386 g/mol. The average molecular weight is 413 g/mol. The minimum Gasteiger partial charge on any atom is -0.487 e. The molecule has 0 saturated heterocycles. The summed E-state index contributed by atoms with van der Waals surface area (Å²) in [6.07, 6.45) is 2.22. The van der Waals surface area contributed by atoms with Gasteiger partial charge in [0.15, 0.2) is 16.9 Å². The van der Waals surface area contributed by atoms with Crippen LogP contribution in [0.3, 0.4) is 0 Å². The van der Waals surface area contributed by atoms with Gasteiger partial charge in [0.2, 0.25) is 0 Å². The number of esters is 1. The Hall–Kier alpha value is -2.80. The number of carbonyl (C=O) groups is 1. The number of pyridine rings is 1. The third kappa shape index (κ3) is 3.47. The molecular formula is C23H27NO6. The van der Waals surface area contributed by atoms with Crippen LogP contribution in [0, 0.1) is 5.41 Å². The Balaban J connectivity index is 1.89. The Morgan fingerprint density at radius 2 is 1.77 bits per heavy atom. The van der Waals surface area contributed by atoms with E-state index in [0.717, 1.165) is 23.2 Å². The van der Waals surface area contributed by atoms with Crippen molar-refractivity contribution in [2.45, 2.75) is 39.3 Å². The number of fused-ring (bicyclic) bond motifs is 4. The molecule has 4 rings (SSSR count). The third-order valence-electron chi connectivity index (χ3n) is 5.86. The van der Waals surface area contributed by atoms with Gasteiger partial charge in [0, 0.05) is 31.0 Å². The van der Waals surface area contributed by atoms with Crippen LogP contribution in [-0.2, 0) is 15.9 Å². The molecule has 0 fully saturated rings. The number of hydrogen-bond acceptors (Lipinski definition) is 6. The highest BCUT2D eigenvalue weighted by molar-refractivity contribution is 5.89. The van der Waals surface area contributed by atoms with Crippen molar-refractivity contribution in [1.82, 2.24) is 4.57 Å². The van der Waals surface area contributed by atoms with Crippen molar-refractivity contribution in [3.8, 4) is 22.8 Å². The summed E-state index contributed by atoms with van der Waals surface area (Å²) in [5, 5.41) is 0. The van der Waals surface area contributed by atoms with E-state index in [2.05, 4.69) is 20.8 Å². The van der Waals surface area contributed by atoms with Crippen molar-refractivity contribution in [3.05, 3.63) is 45.7 Å². The number of methoxy groups -OCH3 is 2. The van der Waals surface area contributed by atoms with Gasteiger partial charge < -0.3 is 23.5 Å². The molecule has 2 aliphatic rings. The fourth-order valence-corrected chi connectivity index (χ4v) is 4.10. The quantitative estimate of drug-likeness (QED) is 0.704. The zero-order chi connectivity index (χ0) is 21.6. The smallest absolute Gasteiger partial charge is 0.343 e. The first kappa shape index (κ1) is 20.5. The topological polar surface area (TPSA) is 76.0 Å². The van der Waals surface area contributed by atoms with Gasteiger partial charge in [0.05, 0.1) is 12.8 Å². The maximum atomic E-state index is 12.7. The van der Waals surface area contributed by atoms with Crippen LogP contribution in [0.1, 0.15) is 42.7 Å². The van der Waals surface area contributed by atoms with Gasteiger partial charge in [-0.15, -0.1) is 0 Å². The molecule has 2 aliphatic heterocycles. The van der Waals surface area contributed by atoms with Gasteiger partial charge >= 0.3 is 5.97 Å². The lowest BCUT2D eigenvalue weighted by Gasteiger charge is -2.39. The minimum absolute atomic E-state index is 0.0382. The van der Waals surface area contributed by atoms with E-state index >= 15 is 0 Å². The van der Waals surface area contributed by atoms with E-state index in [1.807, 2.05) is 16.7 Å². The number of ether oxygens (including phenoxy) is 4. The first-order valence-corrected chi connectivity index (χ1v) is 10.0. The van der Waals surface area contributed by atoms with Crippen LogP contribution in [0.2, 0.25) is 0 Å². The van der Waals surface area contributed by atoms with Crippen LogP contribution >= 0.6 is 0 Å². The van der Waals surface area contributed by atoms with Crippen LogP contribution in [0.5, 0.6) is 11.5 Å². The Morgan fingerprint density at radius 3 is 2.37 bits per heavy atom. The molecule has 30 heavy (non-hydrogen) atoms. The number of rotatable bonds is 2. The Labute approximate surface area is 175 Å². The molecule has 0 spiro atoms. The monoisotopic (exact) mass is 413 g/mol. The molecule has 0 saturated carbocycles. The molecule has 0 bridgehead atoms. The number of aromatic nitrogens is 1. The molecule has 160 valence electrons. The van der Waals surface area contributed by atoms with Crippen LogP contribution < -0.4 is 14.9 Å². The molecule has 1 aromatic carbocycles. The number of carbonyl (C=O) groups excluding carboxylic acids is 1. The fraction of sp³-hybridized carbons (Fsp3) is 0.478. The number of benzene rings is 1. The van der Waals surface area contributed by atoms with Gasteiger partial charge in [0.1, 0.15) is 24.9 Å². The maximum Gasteiger partial charge on any atom is 0.343 e. The Bertz CT molecular complexity index is 1050. The molecule has 2 aromatic rings. The predicted molar refractivity (Wildman–Crippen MR) is 111 cm³/mol. The van der Waals surface area contributed by atoms with Crippen molar-refractivity contribution in [2.24, 2.45) is 5.41 Å². The maximum absolute atomic E-state index is 12.7. The van der Waals surface area contributed by atoms with Crippen molar-refractivity contribution >= 4 is 5.97 Å². The van der Waals surface area contributed by atoms with E-state index in [9.17, 15) is 9.59 Å². The highest BCUT2D eigenvalue weighted by Crippen LogP contribution is 2.46. The molecule has 2 atom stereocenters. The lowest BCUT2D eigenvalue weighted by molar-refractivity contribution is 0.0366. The highest BCUT2D eigenvalue weighted by atomic mass is 16.6. The summed E-state index contributed by atoms with van der Waals surface area (Å²) >= 11 is 0. The van der Waals surface area contributed by atoms with Gasteiger partial charge in [-0.1, -0.05) is 20.8 Å². The van der Waals surface area contributed by atoms with E-state index in [4.69, 9.17) is 18.9 Å². The average Bonchev–Trinajstić information content (AvgIpc) is 2.91. The van der Waals surface area contributed by atoms with Gasteiger partial charge in [0.25, 0.3) is 0 Å². The van der Waals surface area contributed by atoms with Crippen LogP contribution in [0.15, 0.2) is 29.2 Å². The summed E-state index contributed by atoms with van der Waals surface area (Å²) in [6.45, 7) is 7.25. The second-order valence-corrected chi connectivity index (χ2v) is 8.86. The minimum atomic E-state index is -0.627. The summed E-state index contributed by atoms with van der Waals surface area (Å²) in [4.78, 5) is 24.8. The molecule has 7 heteroatoms. The Morgan fingerprint density at radius 1 is 1.10 bits per heavy atom. The van der Waals surface area contributed by atoms with Crippen molar-refractivity contribution in [3.63, 3.8) is 0 Å². The summed E-state index contributed by atoms with van der Waals surface area (Å²) in [5.74, 6) is 0.680. The summed E-state index contributed by atoms with van der Waals surface area (Å²) in [7, 11) is 2.91. The standard InChI is InChI=1S/C23H27NO6/c1-23(2,3)21-7-13-6-19-20(30-12-14(27-4)11-29-19)8-15(13)17-9-18(25)16(10-24(17)21)22(26)28-5/h6,8-10,14,21H,7,11-12H2,1-5H3. The molecule has 0 N–H and O–H groups in total. The zero-order valence-corrected chi connectivity index (χ0v) is 18.0. The largest absolute Gasteiger partial charge is 0.487 e. The van der Waals surface area contributed by atoms with Gasteiger partial charge in [-0.2, -0.15) is 0 Å². The lowest BCUT2D eigenvalue weighted by Crippen LogP contribution is -2.33. The van der Waals surface area contributed by atoms with E-state index in [1.54, 1.807) is 13.3 Å². The second-order valence-electron chi connectivity index (χ2n) is 8.86. The van der Waals surface area contributed by atoms with Gasteiger partial charge in [-0.05, 0) is 29.5 Å². The Kier molecular flexibility index (Phi) is 5.10. The van der Waals surface area contributed by atoms with E-state index < -0.39 is 5.97 Å². The SMILES string of the molecule is COC(=O)c1cn2c(cc1=O)-c1cc3c(cc1CC2C(C)(C)C)OCC(OC)CO3. The molecule has 0 aliphatic carbocycles. The van der Waals surface area contributed by atoms with E-state index in [1.165, 1.54) is 13.2 Å². The first-order valence-electron chi connectivity index (χ1n) is 10.0. The van der Waals surface area contributed by atoms with Crippen molar-refractivity contribution < 1.29 is 23.7 Å². The van der Waals surface area contributed by atoms with Gasteiger partial charge in [-0.25, -0.2) is 4.79 Å². The third-order valence-corrected chi connectivity index (χ3v) is 5.86. The molecule has 0 radical (unpaired) electrons. The van der Waals surface area contributed by atoms with Crippen LogP contribution in [-0.4, -0.2) is 44.1 Å². The van der Waals surface area contributed by atoms with Crippen LogP contribution in [0.4, 0.5) is 0 Å². The lowest BCUT2D eigenvalue weighted by atomic mass is 9.78. The first-order chi connectivity index (χ1) is 14.2. The molecule has 1 aromatic heterocycles. The fourth-order valence-electron chi connectivity index (χ4n) is 4.10. The molecule has 3 heterocycles. The predicted octanol–water partition coefficient (Wildman–Crippen LogP) is 3.23. The molecule has 0 amide bonds. The van der Waals surface area contributed by atoms with Gasteiger partial charge in [-0.3, -0.25) is 4.79 Å². The second kappa shape index (κ2) is 7.47. The molecule has 2 unspecified atom stereocenters. The number of nitrogens with zero attached hydrogens (tertiary/aromatic N) is 1. The highest BCUT2D eigenvalue weighted by Gasteiger charge is 2.34.